The maximum atomic E-state index is 13.5. The zero-order chi connectivity index (χ0) is 25.1. The molecule has 8 nitrogen and oxygen atoms in total. The van der Waals surface area contributed by atoms with Crippen molar-refractivity contribution >= 4 is 11.9 Å². The van der Waals surface area contributed by atoms with E-state index >= 15 is 0 Å². The van der Waals surface area contributed by atoms with Crippen LogP contribution in [0.2, 0.25) is 0 Å². The van der Waals surface area contributed by atoms with Gasteiger partial charge in [-0.25, -0.2) is 15.2 Å². The molecule has 0 radical (unpaired) electrons. The van der Waals surface area contributed by atoms with E-state index in [2.05, 4.69) is 48.8 Å². The van der Waals surface area contributed by atoms with Gasteiger partial charge in [0.15, 0.2) is 0 Å². The molecule has 0 aromatic rings. The number of imide groups is 1. The van der Waals surface area contributed by atoms with Crippen molar-refractivity contribution in [3.05, 3.63) is 0 Å². The zero-order valence-electron chi connectivity index (χ0n) is 22.8. The van der Waals surface area contributed by atoms with Crippen molar-refractivity contribution in [2.75, 3.05) is 26.7 Å². The summed E-state index contributed by atoms with van der Waals surface area (Å²) in [5.41, 5.74) is 3.69. The normalized spacial score (nSPS) is 33.3. The van der Waals surface area contributed by atoms with Crippen LogP contribution in [0, 0.1) is 23.7 Å². The molecule has 4 rings (SSSR count). The molecule has 3 N–H and O–H groups in total. The van der Waals surface area contributed by atoms with Gasteiger partial charge in [0.05, 0.1) is 6.17 Å². The second-order valence-electron chi connectivity index (χ2n) is 12.4. The molecule has 5 atom stereocenters. The highest BCUT2D eigenvalue weighted by Crippen LogP contribution is 2.35. The quantitative estimate of drug-likeness (QED) is 0.460. The third-order valence-corrected chi connectivity index (χ3v) is 8.53. The SMILES string of the molecule is CC(C)CN1C(=O)N(C)C(=O)C2C(NC3CCCCC3)N(CC3CCCC(CNC(C)C)C3)NC21. The molecule has 0 aromatic heterocycles. The van der Waals surface area contributed by atoms with Gasteiger partial charge in [-0.1, -0.05) is 53.4 Å². The molecule has 2 saturated carbocycles. The highest BCUT2D eigenvalue weighted by molar-refractivity contribution is 5.98. The van der Waals surface area contributed by atoms with Gasteiger partial charge in [-0.15, -0.1) is 0 Å². The van der Waals surface area contributed by atoms with Gasteiger partial charge in [-0.2, -0.15) is 0 Å². The number of nitrogens with one attached hydrogen (secondary N) is 3. The summed E-state index contributed by atoms with van der Waals surface area (Å²) in [7, 11) is 1.65. The number of hydrogen-bond acceptors (Lipinski definition) is 6. The van der Waals surface area contributed by atoms with Gasteiger partial charge in [0, 0.05) is 32.2 Å². The van der Waals surface area contributed by atoms with E-state index in [0.717, 1.165) is 19.0 Å². The molecule has 3 amide bonds. The van der Waals surface area contributed by atoms with Gasteiger partial charge in [0.2, 0.25) is 5.91 Å². The Morgan fingerprint density at radius 1 is 0.971 bits per heavy atom. The fraction of sp³-hybridized carbons (Fsp3) is 0.926. The number of carbonyl (C=O) groups excluding carboxylic acids is 2. The number of hydrazine groups is 1. The molecular formula is C27H50N6O2. The van der Waals surface area contributed by atoms with Crippen LogP contribution in [0.1, 0.15) is 85.5 Å². The van der Waals surface area contributed by atoms with E-state index in [-0.39, 0.29) is 30.2 Å². The first-order valence-corrected chi connectivity index (χ1v) is 14.3. The summed E-state index contributed by atoms with van der Waals surface area (Å²) in [6.07, 6.45) is 10.9. The van der Waals surface area contributed by atoms with Crippen LogP contribution in [0.15, 0.2) is 0 Å². The zero-order valence-corrected chi connectivity index (χ0v) is 22.8. The summed E-state index contributed by atoms with van der Waals surface area (Å²) < 4.78 is 0. The summed E-state index contributed by atoms with van der Waals surface area (Å²) in [6, 6.07) is 0.795. The molecule has 5 unspecified atom stereocenters. The minimum atomic E-state index is -0.277. The Balaban J connectivity index is 1.52. The van der Waals surface area contributed by atoms with Crippen LogP contribution in [0.5, 0.6) is 0 Å². The lowest BCUT2D eigenvalue weighted by Gasteiger charge is -2.42. The largest absolute Gasteiger partial charge is 0.327 e. The third kappa shape index (κ3) is 6.38. The number of nitrogens with zero attached hydrogens (tertiary/aromatic N) is 3. The molecule has 8 heteroatoms. The molecule has 2 saturated heterocycles. The standard InChI is InChI=1S/C27H50N6O2/c1-18(2)16-32-25-23(26(34)31(5)27(32)35)24(29-22-12-7-6-8-13-22)33(30-25)17-21-11-9-10-20(14-21)15-28-19(3)4/h18-25,28-30H,6-17H2,1-5H3. The van der Waals surface area contributed by atoms with Crippen LogP contribution in [0.4, 0.5) is 4.79 Å². The van der Waals surface area contributed by atoms with Gasteiger partial charge in [-0.3, -0.25) is 15.0 Å². The molecule has 2 heterocycles. The fourth-order valence-electron chi connectivity index (χ4n) is 6.75. The van der Waals surface area contributed by atoms with Crippen molar-refractivity contribution < 1.29 is 9.59 Å². The third-order valence-electron chi connectivity index (χ3n) is 8.53. The summed E-state index contributed by atoms with van der Waals surface area (Å²) in [5.74, 6) is 1.34. The first-order chi connectivity index (χ1) is 16.7. The lowest BCUT2D eigenvalue weighted by atomic mass is 9.81. The average Bonchev–Trinajstić information content (AvgIpc) is 3.17. The van der Waals surface area contributed by atoms with E-state index in [1.165, 1.54) is 62.7 Å². The van der Waals surface area contributed by atoms with Gasteiger partial charge in [0.25, 0.3) is 0 Å². The number of rotatable bonds is 9. The van der Waals surface area contributed by atoms with Crippen molar-refractivity contribution in [2.24, 2.45) is 23.7 Å². The topological polar surface area (TPSA) is 80.0 Å². The van der Waals surface area contributed by atoms with Crippen molar-refractivity contribution in [1.29, 1.82) is 0 Å². The molecule has 4 aliphatic rings. The second-order valence-corrected chi connectivity index (χ2v) is 12.4. The van der Waals surface area contributed by atoms with Crippen LogP contribution in [0.25, 0.3) is 0 Å². The van der Waals surface area contributed by atoms with Gasteiger partial charge < -0.3 is 10.2 Å². The van der Waals surface area contributed by atoms with Gasteiger partial charge >= 0.3 is 6.03 Å². The molecule has 0 bridgehead atoms. The Morgan fingerprint density at radius 2 is 1.69 bits per heavy atom. The molecule has 35 heavy (non-hydrogen) atoms. The molecule has 4 fully saturated rings. The summed E-state index contributed by atoms with van der Waals surface area (Å²) in [5, 5.41) is 9.87. The van der Waals surface area contributed by atoms with Gasteiger partial charge in [-0.05, 0) is 56.4 Å². The van der Waals surface area contributed by atoms with Crippen molar-refractivity contribution in [2.45, 2.75) is 110 Å². The van der Waals surface area contributed by atoms with E-state index in [4.69, 9.17) is 0 Å². The number of fused-ring (bicyclic) bond motifs is 1. The highest BCUT2D eigenvalue weighted by Gasteiger charge is 2.55. The summed E-state index contributed by atoms with van der Waals surface area (Å²) in [6.45, 7) is 11.4. The Labute approximate surface area is 212 Å². The number of hydrogen-bond donors (Lipinski definition) is 3. The van der Waals surface area contributed by atoms with Crippen molar-refractivity contribution in [3.8, 4) is 0 Å². The minimum Gasteiger partial charge on any atom is -0.314 e. The molecule has 0 aromatic carbocycles. The van der Waals surface area contributed by atoms with Crippen LogP contribution < -0.4 is 16.1 Å². The highest BCUT2D eigenvalue weighted by atomic mass is 16.2. The Kier molecular flexibility index (Phi) is 9.11. The smallest absolute Gasteiger partial charge is 0.314 e. The average molecular weight is 491 g/mol. The first kappa shape index (κ1) is 26.8. The number of carbonyl (C=O) groups is 2. The number of urea groups is 1. The first-order valence-electron chi connectivity index (χ1n) is 14.3. The Hall–Kier alpha value is -1.22. The van der Waals surface area contributed by atoms with Gasteiger partial charge in [0.1, 0.15) is 12.1 Å². The molecule has 0 spiro atoms. The lowest BCUT2D eigenvalue weighted by molar-refractivity contribution is -0.138. The van der Waals surface area contributed by atoms with Crippen LogP contribution >= 0.6 is 0 Å². The Bertz CT molecular complexity index is 724. The summed E-state index contributed by atoms with van der Waals surface area (Å²) in [4.78, 5) is 29.9. The predicted molar refractivity (Wildman–Crippen MR) is 139 cm³/mol. The predicted octanol–water partition coefficient (Wildman–Crippen LogP) is 3.35. The maximum absolute atomic E-state index is 13.5. The van der Waals surface area contributed by atoms with Crippen LogP contribution in [-0.4, -0.2) is 77.8 Å². The van der Waals surface area contributed by atoms with E-state index in [1.807, 2.05) is 4.90 Å². The van der Waals surface area contributed by atoms with Crippen molar-refractivity contribution in [1.82, 2.24) is 30.9 Å². The monoisotopic (exact) mass is 490 g/mol. The van der Waals surface area contributed by atoms with E-state index < -0.39 is 0 Å². The van der Waals surface area contributed by atoms with E-state index in [1.54, 1.807) is 7.05 Å². The number of amides is 3. The molecule has 2 aliphatic heterocycles. The summed E-state index contributed by atoms with van der Waals surface area (Å²) >= 11 is 0. The van der Waals surface area contributed by atoms with Crippen LogP contribution in [0.3, 0.4) is 0 Å². The fourth-order valence-corrected chi connectivity index (χ4v) is 6.75. The van der Waals surface area contributed by atoms with E-state index in [9.17, 15) is 9.59 Å². The Morgan fingerprint density at radius 3 is 2.37 bits per heavy atom. The van der Waals surface area contributed by atoms with Crippen molar-refractivity contribution in [3.63, 3.8) is 0 Å². The van der Waals surface area contributed by atoms with E-state index in [0.29, 0.717) is 30.5 Å². The minimum absolute atomic E-state index is 0.0500. The molecular weight excluding hydrogens is 440 g/mol. The van der Waals surface area contributed by atoms with Crippen LogP contribution in [-0.2, 0) is 4.79 Å². The molecule has 200 valence electrons. The maximum Gasteiger partial charge on any atom is 0.327 e. The second kappa shape index (κ2) is 11.9. The lowest BCUT2D eigenvalue weighted by Crippen LogP contribution is -2.64. The molecule has 2 aliphatic carbocycles.